The lowest BCUT2D eigenvalue weighted by Crippen LogP contribution is -2.29. The molecule has 3 rings (SSSR count). The molecule has 0 aliphatic heterocycles. The first-order chi connectivity index (χ1) is 14.6. The van der Waals surface area contributed by atoms with Crippen LogP contribution in [0.3, 0.4) is 0 Å². The van der Waals surface area contributed by atoms with Crippen LogP contribution in [0.4, 0.5) is 0 Å². The zero-order valence-electron chi connectivity index (χ0n) is 18.0. The molecule has 1 heterocycles. The molecule has 0 aliphatic rings. The highest BCUT2D eigenvalue weighted by Gasteiger charge is 2.23. The summed E-state index contributed by atoms with van der Waals surface area (Å²) in [5.41, 5.74) is 0.529. The Hall–Kier alpha value is -3.00. The number of aromatic nitrogens is 2. The molecule has 0 N–H and O–H groups in total. The van der Waals surface area contributed by atoms with Crippen molar-refractivity contribution in [3.63, 3.8) is 0 Å². The van der Waals surface area contributed by atoms with Gasteiger partial charge in [-0.3, -0.25) is 4.79 Å². The van der Waals surface area contributed by atoms with E-state index in [0.717, 1.165) is 4.47 Å². The van der Waals surface area contributed by atoms with Crippen LogP contribution in [0.1, 0.15) is 39.1 Å². The highest BCUT2D eigenvalue weighted by atomic mass is 79.9. The number of halogens is 1. The summed E-state index contributed by atoms with van der Waals surface area (Å²) in [4.78, 5) is 29.7. The van der Waals surface area contributed by atoms with Crippen molar-refractivity contribution < 1.29 is 14.3 Å². The Morgan fingerprint density at radius 2 is 1.94 bits per heavy atom. The molecular weight excluding hydrogens is 462 g/mol. The molecule has 0 spiro atoms. The maximum Gasteiger partial charge on any atom is 0.346 e. The van der Waals surface area contributed by atoms with Crippen LogP contribution < -0.4 is 10.3 Å². The fourth-order valence-corrected chi connectivity index (χ4v) is 3.32. The van der Waals surface area contributed by atoms with E-state index in [-0.39, 0.29) is 5.56 Å². The van der Waals surface area contributed by atoms with E-state index in [1.54, 1.807) is 37.3 Å². The summed E-state index contributed by atoms with van der Waals surface area (Å²) in [7, 11) is 1.31. The van der Waals surface area contributed by atoms with E-state index >= 15 is 0 Å². The van der Waals surface area contributed by atoms with Crippen LogP contribution in [-0.2, 0) is 14.9 Å². The van der Waals surface area contributed by atoms with Gasteiger partial charge >= 0.3 is 5.97 Å². The smallest absolute Gasteiger partial charge is 0.346 e. The number of esters is 1. The van der Waals surface area contributed by atoms with Gasteiger partial charge in [-0.1, -0.05) is 48.8 Å². The van der Waals surface area contributed by atoms with E-state index in [1.807, 2.05) is 32.9 Å². The van der Waals surface area contributed by atoms with Crippen molar-refractivity contribution in [3.05, 3.63) is 68.7 Å². The summed E-state index contributed by atoms with van der Waals surface area (Å²) in [6.45, 7) is 7.52. The van der Waals surface area contributed by atoms with E-state index in [1.165, 1.54) is 18.0 Å². The standard InChI is InChI=1S/C23H24BrN3O4/c1-14(21(29)30-5)31-19-9-7-6-8-15(19)13-25-27-20(28)17-12-16(24)10-11-18(17)26-22(27)23(2,3)4/h6-14H,1-5H3/t14-/m0/s1. The molecule has 8 heteroatoms. The summed E-state index contributed by atoms with van der Waals surface area (Å²) in [6.07, 6.45) is 0.744. The van der Waals surface area contributed by atoms with Crippen LogP contribution in [0, 0.1) is 0 Å². The Kier molecular flexibility index (Phi) is 6.59. The van der Waals surface area contributed by atoms with Gasteiger partial charge in [-0.15, -0.1) is 0 Å². The number of methoxy groups -OCH3 is 1. The Labute approximate surface area is 188 Å². The van der Waals surface area contributed by atoms with Crippen molar-refractivity contribution in [1.82, 2.24) is 9.66 Å². The van der Waals surface area contributed by atoms with Gasteiger partial charge in [0.05, 0.1) is 24.2 Å². The molecule has 0 aliphatic carbocycles. The first kappa shape index (κ1) is 22.7. The minimum atomic E-state index is -0.785. The lowest BCUT2D eigenvalue weighted by atomic mass is 9.95. The third kappa shape index (κ3) is 5.02. The third-order valence-electron chi connectivity index (χ3n) is 4.55. The summed E-state index contributed by atoms with van der Waals surface area (Å²) < 4.78 is 12.5. The summed E-state index contributed by atoms with van der Waals surface area (Å²) in [5, 5.41) is 4.92. The molecule has 0 saturated heterocycles. The zero-order valence-corrected chi connectivity index (χ0v) is 19.6. The molecular formula is C23H24BrN3O4. The van der Waals surface area contributed by atoms with Gasteiger partial charge in [0.25, 0.3) is 5.56 Å². The number of carbonyl (C=O) groups excluding carboxylic acids is 1. The maximum atomic E-state index is 13.3. The predicted molar refractivity (Wildman–Crippen MR) is 124 cm³/mol. The van der Waals surface area contributed by atoms with Gasteiger partial charge in [0, 0.05) is 15.5 Å². The second-order valence-electron chi connectivity index (χ2n) is 8.03. The van der Waals surface area contributed by atoms with Gasteiger partial charge in [-0.2, -0.15) is 9.78 Å². The average Bonchev–Trinajstić information content (AvgIpc) is 2.72. The molecule has 162 valence electrons. The Morgan fingerprint density at radius 3 is 2.61 bits per heavy atom. The Bertz CT molecular complexity index is 1210. The van der Waals surface area contributed by atoms with Gasteiger partial charge in [-0.25, -0.2) is 9.78 Å². The zero-order chi connectivity index (χ0) is 22.8. The van der Waals surface area contributed by atoms with Crippen molar-refractivity contribution in [1.29, 1.82) is 0 Å². The largest absolute Gasteiger partial charge is 0.478 e. The molecule has 0 unspecified atom stereocenters. The summed E-state index contributed by atoms with van der Waals surface area (Å²) in [6, 6.07) is 12.5. The molecule has 1 atom stereocenters. The number of para-hydroxylation sites is 1. The van der Waals surface area contributed by atoms with E-state index in [4.69, 9.17) is 14.5 Å². The van der Waals surface area contributed by atoms with Gasteiger partial charge in [0.1, 0.15) is 11.6 Å². The molecule has 7 nitrogen and oxygen atoms in total. The fourth-order valence-electron chi connectivity index (χ4n) is 2.96. The molecule has 0 amide bonds. The van der Waals surface area contributed by atoms with Crippen LogP contribution in [0.5, 0.6) is 5.75 Å². The van der Waals surface area contributed by atoms with Crippen LogP contribution in [0.15, 0.2) is 56.8 Å². The van der Waals surface area contributed by atoms with Crippen molar-refractivity contribution in [2.75, 3.05) is 7.11 Å². The SMILES string of the molecule is COC(=O)[C@H](C)Oc1ccccc1C=Nn1c(C(C)(C)C)nc2ccc(Br)cc2c1=O. The quantitative estimate of drug-likeness (QED) is 0.397. The van der Waals surface area contributed by atoms with Gasteiger partial charge in [-0.05, 0) is 37.3 Å². The Morgan fingerprint density at radius 1 is 1.23 bits per heavy atom. The molecule has 0 saturated carbocycles. The van der Waals surface area contributed by atoms with Crippen molar-refractivity contribution >= 4 is 39.0 Å². The third-order valence-corrected chi connectivity index (χ3v) is 5.04. The lowest BCUT2D eigenvalue weighted by Gasteiger charge is -2.21. The van der Waals surface area contributed by atoms with Gasteiger partial charge in [0.2, 0.25) is 0 Å². The molecule has 31 heavy (non-hydrogen) atoms. The van der Waals surface area contributed by atoms with E-state index in [0.29, 0.717) is 28.0 Å². The molecule has 0 radical (unpaired) electrons. The normalized spacial score (nSPS) is 12.8. The number of rotatable bonds is 5. The highest BCUT2D eigenvalue weighted by molar-refractivity contribution is 9.10. The monoisotopic (exact) mass is 485 g/mol. The van der Waals surface area contributed by atoms with Crippen molar-refractivity contribution in [2.24, 2.45) is 5.10 Å². The van der Waals surface area contributed by atoms with Crippen LogP contribution >= 0.6 is 15.9 Å². The Balaban J connectivity index is 2.11. The molecule has 0 fully saturated rings. The van der Waals surface area contributed by atoms with E-state index in [9.17, 15) is 9.59 Å². The van der Waals surface area contributed by atoms with Crippen molar-refractivity contribution in [3.8, 4) is 5.75 Å². The number of hydrogen-bond donors (Lipinski definition) is 0. The van der Waals surface area contributed by atoms with E-state index in [2.05, 4.69) is 21.0 Å². The second kappa shape index (κ2) is 9.01. The van der Waals surface area contributed by atoms with Crippen LogP contribution in [0.2, 0.25) is 0 Å². The number of nitrogens with zero attached hydrogens (tertiary/aromatic N) is 3. The van der Waals surface area contributed by atoms with E-state index < -0.39 is 17.5 Å². The highest BCUT2D eigenvalue weighted by Crippen LogP contribution is 2.23. The number of fused-ring (bicyclic) bond motifs is 1. The molecule has 1 aromatic heterocycles. The average molecular weight is 486 g/mol. The number of benzene rings is 2. The number of ether oxygens (including phenoxy) is 2. The van der Waals surface area contributed by atoms with Crippen molar-refractivity contribution in [2.45, 2.75) is 39.2 Å². The fraction of sp³-hybridized carbons (Fsp3) is 0.304. The lowest BCUT2D eigenvalue weighted by molar-refractivity contribution is -0.147. The first-order valence-electron chi connectivity index (χ1n) is 9.72. The van der Waals surface area contributed by atoms with Crippen LogP contribution in [0.25, 0.3) is 10.9 Å². The minimum absolute atomic E-state index is 0.270. The minimum Gasteiger partial charge on any atom is -0.478 e. The van der Waals surface area contributed by atoms with Gasteiger partial charge in [0.15, 0.2) is 6.10 Å². The topological polar surface area (TPSA) is 82.8 Å². The molecule has 0 bridgehead atoms. The number of hydrogen-bond acceptors (Lipinski definition) is 6. The van der Waals surface area contributed by atoms with Gasteiger partial charge < -0.3 is 9.47 Å². The predicted octanol–water partition coefficient (Wildman–Crippen LogP) is 4.28. The molecule has 2 aromatic carbocycles. The number of carbonyl (C=O) groups is 1. The summed E-state index contributed by atoms with van der Waals surface area (Å²) >= 11 is 3.41. The second-order valence-corrected chi connectivity index (χ2v) is 8.95. The maximum absolute atomic E-state index is 13.3. The molecule has 3 aromatic rings. The first-order valence-corrected chi connectivity index (χ1v) is 10.5. The summed E-state index contributed by atoms with van der Waals surface area (Å²) in [5.74, 6) is 0.498. The van der Waals surface area contributed by atoms with Crippen LogP contribution in [-0.4, -0.2) is 35.1 Å².